The second kappa shape index (κ2) is 8.72. The number of hydrogen-bond acceptors (Lipinski definition) is 4. The van der Waals surface area contributed by atoms with Crippen LogP contribution in [-0.4, -0.2) is 40.4 Å². The summed E-state index contributed by atoms with van der Waals surface area (Å²) in [4.78, 5) is 22.7. The van der Waals surface area contributed by atoms with Crippen LogP contribution in [0.2, 0.25) is 0 Å². The minimum atomic E-state index is 0.0967. The topological polar surface area (TPSA) is 58.1 Å². The van der Waals surface area contributed by atoms with Crippen molar-refractivity contribution in [3.8, 4) is 0 Å². The van der Waals surface area contributed by atoms with Gasteiger partial charge in [0.2, 0.25) is 5.91 Å². The molecule has 21 heavy (non-hydrogen) atoms. The molecule has 1 aliphatic rings. The van der Waals surface area contributed by atoms with Crippen LogP contribution >= 0.6 is 0 Å². The van der Waals surface area contributed by atoms with Crippen LogP contribution in [0.4, 0.5) is 0 Å². The highest BCUT2D eigenvalue weighted by molar-refractivity contribution is 5.75. The van der Waals surface area contributed by atoms with E-state index in [1.807, 2.05) is 6.92 Å². The average molecular weight is 290 g/mol. The van der Waals surface area contributed by atoms with Crippen LogP contribution in [0.1, 0.15) is 49.9 Å². The first-order chi connectivity index (χ1) is 10.2. The summed E-state index contributed by atoms with van der Waals surface area (Å²) < 4.78 is 0. The van der Waals surface area contributed by atoms with Crippen LogP contribution in [0.3, 0.4) is 0 Å². The second-order valence-electron chi connectivity index (χ2n) is 5.79. The van der Waals surface area contributed by atoms with Gasteiger partial charge in [-0.15, -0.1) is 0 Å². The first-order valence-electron chi connectivity index (χ1n) is 8.00. The zero-order chi connectivity index (χ0) is 14.9. The zero-order valence-electron chi connectivity index (χ0n) is 13.0. The van der Waals surface area contributed by atoms with Gasteiger partial charge in [-0.25, -0.2) is 0 Å². The highest BCUT2D eigenvalue weighted by atomic mass is 16.1. The van der Waals surface area contributed by atoms with Crippen molar-refractivity contribution in [2.45, 2.75) is 52.0 Å². The Morgan fingerprint density at radius 1 is 1.14 bits per heavy atom. The minimum Gasteiger partial charge on any atom is -0.350 e. The van der Waals surface area contributed by atoms with Crippen molar-refractivity contribution >= 4 is 5.91 Å². The molecule has 1 aromatic heterocycles. The maximum Gasteiger partial charge on any atom is 0.221 e. The van der Waals surface area contributed by atoms with E-state index in [0.717, 1.165) is 31.0 Å². The van der Waals surface area contributed by atoms with Gasteiger partial charge in [-0.2, -0.15) is 0 Å². The van der Waals surface area contributed by atoms with Gasteiger partial charge in [-0.3, -0.25) is 14.8 Å². The molecule has 1 saturated heterocycles. The predicted molar refractivity (Wildman–Crippen MR) is 82.8 cm³/mol. The number of carbonyl (C=O) groups is 1. The van der Waals surface area contributed by atoms with Crippen LogP contribution in [0.25, 0.3) is 0 Å². The van der Waals surface area contributed by atoms with Crippen molar-refractivity contribution in [2.75, 3.05) is 19.6 Å². The molecule has 1 amide bonds. The van der Waals surface area contributed by atoms with Gasteiger partial charge in [0.05, 0.1) is 24.1 Å². The first-order valence-corrected chi connectivity index (χ1v) is 8.00. The number of carbonyl (C=O) groups excluding carboxylic acids is 1. The lowest BCUT2D eigenvalue weighted by atomic mass is 10.1. The lowest BCUT2D eigenvalue weighted by Gasteiger charge is -2.24. The number of nitrogens with one attached hydrogen (secondary N) is 1. The van der Waals surface area contributed by atoms with E-state index in [2.05, 4.69) is 20.2 Å². The molecule has 0 bridgehead atoms. The van der Waals surface area contributed by atoms with Gasteiger partial charge in [0.15, 0.2) is 0 Å². The summed E-state index contributed by atoms with van der Waals surface area (Å²) in [7, 11) is 0. The predicted octanol–water partition coefficient (Wildman–Crippen LogP) is 2.06. The number of nitrogens with zero attached hydrogens (tertiary/aromatic N) is 3. The third-order valence-corrected chi connectivity index (χ3v) is 3.90. The van der Waals surface area contributed by atoms with Gasteiger partial charge in [-0.05, 0) is 32.9 Å². The maximum atomic E-state index is 11.9. The van der Waals surface area contributed by atoms with Crippen LogP contribution < -0.4 is 5.32 Å². The standard InChI is InChI=1S/C16H26N4O/c1-14-11-18-15(12-17-14)13-19-16(21)7-10-20-8-5-3-2-4-6-9-20/h11-12H,2-10,13H2,1H3,(H,19,21). The number of hydrogen-bond donors (Lipinski definition) is 1. The molecule has 0 spiro atoms. The zero-order valence-corrected chi connectivity index (χ0v) is 13.0. The Morgan fingerprint density at radius 3 is 2.52 bits per heavy atom. The Morgan fingerprint density at radius 2 is 1.86 bits per heavy atom. The molecule has 0 unspecified atom stereocenters. The molecule has 0 saturated carbocycles. The van der Waals surface area contributed by atoms with Crippen molar-refractivity contribution in [3.63, 3.8) is 0 Å². The quantitative estimate of drug-likeness (QED) is 0.902. The lowest BCUT2D eigenvalue weighted by molar-refractivity contribution is -0.121. The lowest BCUT2D eigenvalue weighted by Crippen LogP contribution is -2.32. The Bertz CT molecular complexity index is 424. The third-order valence-electron chi connectivity index (χ3n) is 3.90. The molecular weight excluding hydrogens is 264 g/mol. The molecule has 1 N–H and O–H groups in total. The summed E-state index contributed by atoms with van der Waals surface area (Å²) in [5.41, 5.74) is 1.70. The van der Waals surface area contributed by atoms with Crippen LogP contribution in [0, 0.1) is 6.92 Å². The highest BCUT2D eigenvalue weighted by Crippen LogP contribution is 2.10. The molecule has 0 aromatic carbocycles. The Kier molecular flexibility index (Phi) is 6.60. The van der Waals surface area contributed by atoms with Crippen LogP contribution in [0.5, 0.6) is 0 Å². The molecule has 1 aromatic rings. The summed E-state index contributed by atoms with van der Waals surface area (Å²) in [6.07, 6.45) is 10.6. The van der Waals surface area contributed by atoms with Gasteiger partial charge < -0.3 is 10.2 Å². The van der Waals surface area contributed by atoms with E-state index in [0.29, 0.717) is 13.0 Å². The van der Waals surface area contributed by atoms with E-state index in [1.165, 1.54) is 32.1 Å². The SMILES string of the molecule is Cc1cnc(CNC(=O)CCN2CCCCCCC2)cn1. The van der Waals surface area contributed by atoms with Crippen molar-refractivity contribution in [1.29, 1.82) is 0 Å². The van der Waals surface area contributed by atoms with Gasteiger partial charge in [0.1, 0.15) is 0 Å². The molecule has 0 aliphatic carbocycles. The number of rotatable bonds is 5. The van der Waals surface area contributed by atoms with E-state index in [-0.39, 0.29) is 5.91 Å². The molecule has 5 heteroatoms. The summed E-state index contributed by atoms with van der Waals surface area (Å²) in [5.74, 6) is 0.0967. The Labute approximate surface area is 127 Å². The molecular formula is C16H26N4O. The van der Waals surface area contributed by atoms with Crippen LogP contribution in [0.15, 0.2) is 12.4 Å². The fraction of sp³-hybridized carbons (Fsp3) is 0.688. The van der Waals surface area contributed by atoms with Crippen LogP contribution in [-0.2, 0) is 11.3 Å². The smallest absolute Gasteiger partial charge is 0.221 e. The second-order valence-corrected chi connectivity index (χ2v) is 5.79. The van der Waals surface area contributed by atoms with Gasteiger partial charge in [-0.1, -0.05) is 19.3 Å². The first kappa shape index (κ1) is 15.9. The summed E-state index contributed by atoms with van der Waals surface area (Å²) in [5, 5.41) is 2.92. The maximum absolute atomic E-state index is 11.9. The van der Waals surface area contributed by atoms with E-state index in [9.17, 15) is 4.79 Å². The molecule has 116 valence electrons. The molecule has 5 nitrogen and oxygen atoms in total. The van der Waals surface area contributed by atoms with Crippen molar-refractivity contribution < 1.29 is 4.79 Å². The summed E-state index contributed by atoms with van der Waals surface area (Å²) >= 11 is 0. The fourth-order valence-corrected chi connectivity index (χ4v) is 2.58. The molecule has 0 atom stereocenters. The third kappa shape index (κ3) is 6.21. The van der Waals surface area contributed by atoms with E-state index < -0.39 is 0 Å². The number of aryl methyl sites for hydroxylation is 1. The Balaban J connectivity index is 1.65. The molecule has 1 fully saturated rings. The minimum absolute atomic E-state index is 0.0967. The van der Waals surface area contributed by atoms with Gasteiger partial charge >= 0.3 is 0 Å². The number of aromatic nitrogens is 2. The van der Waals surface area contributed by atoms with Gasteiger partial charge in [0, 0.05) is 19.2 Å². The fourth-order valence-electron chi connectivity index (χ4n) is 2.58. The monoisotopic (exact) mass is 290 g/mol. The van der Waals surface area contributed by atoms with Crippen molar-refractivity contribution in [2.24, 2.45) is 0 Å². The van der Waals surface area contributed by atoms with E-state index >= 15 is 0 Å². The summed E-state index contributed by atoms with van der Waals surface area (Å²) in [6, 6.07) is 0. The molecule has 1 aliphatic heterocycles. The average Bonchev–Trinajstić information content (AvgIpc) is 2.45. The van der Waals surface area contributed by atoms with Gasteiger partial charge in [0.25, 0.3) is 0 Å². The van der Waals surface area contributed by atoms with Crippen molar-refractivity contribution in [1.82, 2.24) is 20.2 Å². The number of amides is 1. The van der Waals surface area contributed by atoms with Crippen molar-refractivity contribution in [3.05, 3.63) is 23.8 Å². The summed E-state index contributed by atoms with van der Waals surface area (Å²) in [6.45, 7) is 5.50. The Hall–Kier alpha value is -1.49. The molecule has 2 heterocycles. The highest BCUT2D eigenvalue weighted by Gasteiger charge is 2.10. The normalized spacial score (nSPS) is 17.0. The van der Waals surface area contributed by atoms with E-state index in [1.54, 1.807) is 12.4 Å². The molecule has 0 radical (unpaired) electrons. The molecule has 2 rings (SSSR count). The largest absolute Gasteiger partial charge is 0.350 e. The number of likely N-dealkylation sites (tertiary alicyclic amines) is 1. The van der Waals surface area contributed by atoms with E-state index in [4.69, 9.17) is 0 Å².